The summed E-state index contributed by atoms with van der Waals surface area (Å²) in [6, 6.07) is -0.905. The van der Waals surface area contributed by atoms with Crippen molar-refractivity contribution in [1.29, 1.82) is 0 Å². The number of hydrogen-bond acceptors (Lipinski definition) is 10. The zero-order chi connectivity index (χ0) is 31.1. The van der Waals surface area contributed by atoms with Crippen LogP contribution in [-0.4, -0.2) is 101 Å². The van der Waals surface area contributed by atoms with E-state index in [0.717, 1.165) is 0 Å². The lowest BCUT2D eigenvalue weighted by Gasteiger charge is -2.45. The van der Waals surface area contributed by atoms with Gasteiger partial charge in [0.05, 0.1) is 0 Å². The molecular formula is C27H49N3O10. The molecule has 3 amide bonds. The monoisotopic (exact) mass is 575 g/mol. The molecule has 1 aliphatic heterocycles. The average Bonchev–Trinajstić information content (AvgIpc) is 2.84. The number of rotatable bonds is 15. The van der Waals surface area contributed by atoms with Crippen LogP contribution >= 0.6 is 0 Å². The van der Waals surface area contributed by atoms with Crippen molar-refractivity contribution in [2.45, 2.75) is 111 Å². The number of unbranched alkanes of at least 4 members (excludes halogenated alkanes) is 1. The Morgan fingerprint density at radius 3 is 2.15 bits per heavy atom. The third kappa shape index (κ3) is 9.74. The number of likely N-dealkylation sites (N-methyl/N-ethyl adjacent to an activating group) is 1. The minimum atomic E-state index is -2.97. The van der Waals surface area contributed by atoms with Gasteiger partial charge in [-0.1, -0.05) is 41.5 Å². The van der Waals surface area contributed by atoms with E-state index in [4.69, 9.17) is 9.47 Å². The SMILES string of the molecule is CNC(=O)C(NC(C)=O)C(C)(C)CC(C)(C)C(=O)NCC1OC(OCCCCC(=O)C(C)C)C(O)C(O)(O)C1O. The highest BCUT2D eigenvalue weighted by atomic mass is 16.7. The van der Waals surface area contributed by atoms with Gasteiger partial charge in [-0.25, -0.2) is 0 Å². The van der Waals surface area contributed by atoms with Crippen LogP contribution in [0.15, 0.2) is 0 Å². The van der Waals surface area contributed by atoms with E-state index in [1.807, 2.05) is 13.8 Å². The number of ketones is 1. The third-order valence-electron chi connectivity index (χ3n) is 7.15. The molecule has 1 aliphatic rings. The summed E-state index contributed by atoms with van der Waals surface area (Å²) < 4.78 is 11.1. The van der Waals surface area contributed by atoms with E-state index >= 15 is 0 Å². The lowest BCUT2D eigenvalue weighted by Crippen LogP contribution is -2.68. The van der Waals surface area contributed by atoms with Gasteiger partial charge in [-0.15, -0.1) is 0 Å². The van der Waals surface area contributed by atoms with Crippen molar-refractivity contribution < 1.29 is 49.1 Å². The summed E-state index contributed by atoms with van der Waals surface area (Å²) in [6.07, 6.45) is -5.25. The maximum Gasteiger partial charge on any atom is 0.242 e. The van der Waals surface area contributed by atoms with Crippen molar-refractivity contribution in [3.8, 4) is 0 Å². The number of aliphatic hydroxyl groups is 4. The van der Waals surface area contributed by atoms with Gasteiger partial charge in [0, 0.05) is 44.9 Å². The minimum absolute atomic E-state index is 0.0568. The number of ether oxygens (including phenoxy) is 2. The van der Waals surface area contributed by atoms with Crippen molar-refractivity contribution >= 4 is 23.5 Å². The highest BCUT2D eigenvalue weighted by Gasteiger charge is 2.55. The van der Waals surface area contributed by atoms with Gasteiger partial charge in [0.1, 0.15) is 24.0 Å². The van der Waals surface area contributed by atoms with Crippen LogP contribution in [0, 0.1) is 16.7 Å². The van der Waals surface area contributed by atoms with E-state index in [1.54, 1.807) is 27.7 Å². The van der Waals surface area contributed by atoms with E-state index in [-0.39, 0.29) is 31.3 Å². The van der Waals surface area contributed by atoms with Gasteiger partial charge in [-0.2, -0.15) is 0 Å². The number of amides is 3. The highest BCUT2D eigenvalue weighted by molar-refractivity contribution is 5.88. The first-order chi connectivity index (χ1) is 18.3. The van der Waals surface area contributed by atoms with Crippen LogP contribution in [0.3, 0.4) is 0 Å². The van der Waals surface area contributed by atoms with Crippen LogP contribution in [0.25, 0.3) is 0 Å². The topological polar surface area (TPSA) is 204 Å². The summed E-state index contributed by atoms with van der Waals surface area (Å²) in [4.78, 5) is 49.0. The van der Waals surface area contributed by atoms with Crippen LogP contribution in [0.1, 0.15) is 74.1 Å². The maximum atomic E-state index is 13.2. The summed E-state index contributed by atoms with van der Waals surface area (Å²) >= 11 is 0. The van der Waals surface area contributed by atoms with Crippen LogP contribution in [0.2, 0.25) is 0 Å². The molecule has 13 nitrogen and oxygen atoms in total. The van der Waals surface area contributed by atoms with Gasteiger partial charge >= 0.3 is 0 Å². The van der Waals surface area contributed by atoms with Crippen LogP contribution < -0.4 is 16.0 Å². The second-order valence-electron chi connectivity index (χ2n) is 12.2. The van der Waals surface area contributed by atoms with Gasteiger partial charge in [-0.3, -0.25) is 19.2 Å². The van der Waals surface area contributed by atoms with E-state index < -0.39 is 65.0 Å². The van der Waals surface area contributed by atoms with Crippen molar-refractivity contribution in [2.24, 2.45) is 16.7 Å². The minimum Gasteiger partial charge on any atom is -0.385 e. The molecule has 232 valence electrons. The molecule has 0 spiro atoms. The Hall–Kier alpha value is -2.16. The maximum absolute atomic E-state index is 13.2. The Kier molecular flexibility index (Phi) is 13.1. The standard InChI is InChI=1S/C27H49N3O10/c1-15(2)17(32)11-9-10-12-39-23-21(34)27(37,38)20(33)18(40-23)13-29-24(36)26(6,7)14-25(4,5)19(22(35)28-8)30-16(3)31/h15,18-21,23,33-34,37-38H,9-14H2,1-8H3,(H,28,35)(H,29,36)(H,30,31). The first-order valence-corrected chi connectivity index (χ1v) is 13.7. The lowest BCUT2D eigenvalue weighted by atomic mass is 9.70. The fourth-order valence-corrected chi connectivity index (χ4v) is 4.87. The molecule has 0 bridgehead atoms. The Morgan fingerprint density at radius 1 is 1.02 bits per heavy atom. The molecule has 0 aromatic carbocycles. The van der Waals surface area contributed by atoms with Crippen molar-refractivity contribution in [2.75, 3.05) is 20.2 Å². The van der Waals surface area contributed by atoms with Crippen molar-refractivity contribution in [3.05, 3.63) is 0 Å². The Balaban J connectivity index is 2.84. The van der Waals surface area contributed by atoms with Gasteiger partial charge in [0.2, 0.25) is 23.5 Å². The molecule has 7 N–H and O–H groups in total. The second-order valence-corrected chi connectivity index (χ2v) is 12.2. The first kappa shape index (κ1) is 35.9. The second kappa shape index (κ2) is 14.6. The fraction of sp³-hybridized carbons (Fsp3) is 0.852. The molecule has 0 aromatic heterocycles. The van der Waals surface area contributed by atoms with Crippen molar-refractivity contribution in [3.63, 3.8) is 0 Å². The molecule has 1 heterocycles. The number of carbonyl (C=O) groups excluding carboxylic acids is 4. The number of carbonyl (C=O) groups is 4. The Labute approximate surface area is 236 Å². The van der Waals surface area contributed by atoms with Crippen molar-refractivity contribution in [1.82, 2.24) is 16.0 Å². The molecular weight excluding hydrogens is 526 g/mol. The average molecular weight is 576 g/mol. The summed E-state index contributed by atoms with van der Waals surface area (Å²) in [5, 5.41) is 49.2. The summed E-state index contributed by atoms with van der Waals surface area (Å²) in [5.74, 6) is -4.21. The number of Topliss-reactive ketones (excluding diaryl/α,β-unsaturated/α-hetero) is 1. The molecule has 0 aliphatic carbocycles. The van der Waals surface area contributed by atoms with Gasteiger partial charge in [0.25, 0.3) is 0 Å². The molecule has 0 aromatic rings. The lowest BCUT2D eigenvalue weighted by molar-refractivity contribution is -0.384. The Morgan fingerprint density at radius 2 is 1.62 bits per heavy atom. The highest BCUT2D eigenvalue weighted by Crippen LogP contribution is 2.37. The summed E-state index contributed by atoms with van der Waals surface area (Å²) in [7, 11) is 1.45. The van der Waals surface area contributed by atoms with Crippen LogP contribution in [0.4, 0.5) is 0 Å². The summed E-state index contributed by atoms with van der Waals surface area (Å²) in [6.45, 7) is 11.4. The predicted molar refractivity (Wildman–Crippen MR) is 144 cm³/mol. The first-order valence-electron chi connectivity index (χ1n) is 13.7. The summed E-state index contributed by atoms with van der Waals surface area (Å²) in [5.41, 5.74) is -1.91. The van der Waals surface area contributed by atoms with Gasteiger partial charge < -0.3 is 45.9 Å². The van der Waals surface area contributed by atoms with E-state index in [0.29, 0.717) is 19.3 Å². The quantitative estimate of drug-likeness (QED) is 0.0969. The smallest absolute Gasteiger partial charge is 0.242 e. The molecule has 0 saturated carbocycles. The third-order valence-corrected chi connectivity index (χ3v) is 7.15. The molecule has 13 heteroatoms. The van der Waals surface area contributed by atoms with Crippen LogP contribution in [0.5, 0.6) is 0 Å². The molecule has 40 heavy (non-hydrogen) atoms. The zero-order valence-electron chi connectivity index (χ0n) is 24.9. The fourth-order valence-electron chi connectivity index (χ4n) is 4.87. The van der Waals surface area contributed by atoms with Gasteiger partial charge in [-0.05, 0) is 24.7 Å². The van der Waals surface area contributed by atoms with Crippen LogP contribution in [-0.2, 0) is 28.7 Å². The number of hydrogen-bond donors (Lipinski definition) is 7. The molecule has 1 saturated heterocycles. The molecule has 5 atom stereocenters. The largest absolute Gasteiger partial charge is 0.385 e. The molecule has 1 fully saturated rings. The predicted octanol–water partition coefficient (Wildman–Crippen LogP) is -0.665. The van der Waals surface area contributed by atoms with E-state index in [2.05, 4.69) is 16.0 Å². The van der Waals surface area contributed by atoms with E-state index in [1.165, 1.54) is 14.0 Å². The van der Waals surface area contributed by atoms with Gasteiger partial charge in [0.15, 0.2) is 12.4 Å². The molecule has 1 rings (SSSR count). The zero-order valence-corrected chi connectivity index (χ0v) is 24.9. The molecule has 5 unspecified atom stereocenters. The normalized spacial score (nSPS) is 23.8. The number of aliphatic hydroxyl groups excluding tert-OH is 2. The number of nitrogens with one attached hydrogen (secondary N) is 3. The Bertz CT molecular complexity index is 890. The van der Waals surface area contributed by atoms with E-state index in [9.17, 15) is 39.6 Å². The molecule has 0 radical (unpaired) electrons.